The summed E-state index contributed by atoms with van der Waals surface area (Å²) in [5, 5.41) is 0. The van der Waals surface area contributed by atoms with Crippen molar-refractivity contribution in [3.8, 4) is 0 Å². The van der Waals surface area contributed by atoms with E-state index in [1.54, 1.807) is 18.2 Å². The number of benzene rings is 1. The van der Waals surface area contributed by atoms with Crippen LogP contribution in [0, 0.1) is 0 Å². The summed E-state index contributed by atoms with van der Waals surface area (Å²) in [6.07, 6.45) is 8.21. The van der Waals surface area contributed by atoms with Crippen molar-refractivity contribution < 1.29 is 4.79 Å². The van der Waals surface area contributed by atoms with Gasteiger partial charge in [-0.25, -0.2) is 0 Å². The molecule has 1 aliphatic heterocycles. The molecule has 1 saturated heterocycles. The molecule has 3 rings (SSSR count). The van der Waals surface area contributed by atoms with E-state index in [2.05, 4.69) is 16.8 Å². The number of nitrogens with zero attached hydrogens (tertiary/aromatic N) is 2. The van der Waals surface area contributed by atoms with Crippen molar-refractivity contribution in [1.29, 1.82) is 0 Å². The molecule has 5 nitrogen and oxygen atoms in total. The molecule has 2 unspecified atom stereocenters. The Hall–Kier alpha value is -1.66. The number of likely N-dealkylation sites (N-methyl/N-ethyl adjacent to an activating group) is 1. The maximum Gasteiger partial charge on any atom is 0.188 e. The average molecular weight is 363 g/mol. The van der Waals surface area contributed by atoms with E-state index in [1.165, 1.54) is 0 Å². The molecule has 4 N–H and O–H groups in total. The second kappa shape index (κ2) is 8.15. The van der Waals surface area contributed by atoms with E-state index in [4.69, 9.17) is 11.5 Å². The molecule has 0 saturated carbocycles. The van der Waals surface area contributed by atoms with Gasteiger partial charge in [0.25, 0.3) is 0 Å². The number of halogens is 1. The minimum Gasteiger partial charge on any atom is -0.370 e. The molecule has 0 aromatic heterocycles. The number of carbonyl (C=O) groups excluding carboxylic acids is 1. The number of hydrogen-bond acceptors (Lipinski definition) is 5. The molecule has 2 atom stereocenters. The largest absolute Gasteiger partial charge is 0.370 e. The number of carbonyl (C=O) groups is 1. The van der Waals surface area contributed by atoms with Gasteiger partial charge >= 0.3 is 0 Å². The molecule has 1 aromatic carbocycles. The third-order valence-corrected chi connectivity index (χ3v) is 4.96. The first-order valence-electron chi connectivity index (χ1n) is 8.49. The van der Waals surface area contributed by atoms with E-state index in [-0.39, 0.29) is 18.2 Å². The van der Waals surface area contributed by atoms with Crippen molar-refractivity contribution >= 4 is 23.9 Å². The number of Topliss-reactive ketones (excluding diaryl/α,β-unsaturated/α-hetero) is 1. The van der Waals surface area contributed by atoms with Gasteiger partial charge in [-0.3, -0.25) is 4.79 Å². The summed E-state index contributed by atoms with van der Waals surface area (Å²) in [5.41, 5.74) is 12.9. The van der Waals surface area contributed by atoms with Gasteiger partial charge in [0.2, 0.25) is 0 Å². The van der Waals surface area contributed by atoms with Crippen LogP contribution in [-0.4, -0.2) is 55.5 Å². The Morgan fingerprint density at radius 3 is 2.52 bits per heavy atom. The summed E-state index contributed by atoms with van der Waals surface area (Å²) in [6, 6.07) is 7.24. The molecule has 25 heavy (non-hydrogen) atoms. The highest BCUT2D eigenvalue weighted by Crippen LogP contribution is 2.23. The van der Waals surface area contributed by atoms with Gasteiger partial charge in [0.15, 0.2) is 5.78 Å². The SMILES string of the molecule is CN1CCCN(c2ccc(C(=O)C3(N)C=CC=CC3N)cc2)CC1.Cl. The van der Waals surface area contributed by atoms with Gasteiger partial charge in [0.05, 0.1) is 6.04 Å². The molecular formula is C19H27ClN4O. The highest BCUT2D eigenvalue weighted by Gasteiger charge is 2.38. The van der Waals surface area contributed by atoms with Crippen molar-refractivity contribution in [2.75, 3.05) is 38.1 Å². The maximum absolute atomic E-state index is 12.8. The van der Waals surface area contributed by atoms with Crippen LogP contribution in [-0.2, 0) is 0 Å². The zero-order chi connectivity index (χ0) is 17.2. The smallest absolute Gasteiger partial charge is 0.188 e. The second-order valence-corrected chi connectivity index (χ2v) is 6.72. The molecule has 1 aliphatic carbocycles. The lowest BCUT2D eigenvalue weighted by molar-refractivity contribution is 0.0912. The topological polar surface area (TPSA) is 75.6 Å². The predicted octanol–water partition coefficient (Wildman–Crippen LogP) is 1.58. The minimum absolute atomic E-state index is 0. The molecular weight excluding hydrogens is 336 g/mol. The Morgan fingerprint density at radius 1 is 1.12 bits per heavy atom. The van der Waals surface area contributed by atoms with E-state index in [9.17, 15) is 4.79 Å². The molecule has 0 radical (unpaired) electrons. The second-order valence-electron chi connectivity index (χ2n) is 6.72. The fourth-order valence-electron chi connectivity index (χ4n) is 3.27. The van der Waals surface area contributed by atoms with Gasteiger partial charge < -0.3 is 21.3 Å². The summed E-state index contributed by atoms with van der Waals surface area (Å²) in [4.78, 5) is 17.5. The van der Waals surface area contributed by atoms with Gasteiger partial charge in [0.1, 0.15) is 5.54 Å². The maximum atomic E-state index is 12.8. The van der Waals surface area contributed by atoms with Gasteiger partial charge in [-0.2, -0.15) is 0 Å². The Labute approximate surface area is 155 Å². The number of rotatable bonds is 3. The van der Waals surface area contributed by atoms with Crippen molar-refractivity contribution in [3.63, 3.8) is 0 Å². The van der Waals surface area contributed by atoms with Crippen LogP contribution in [0.2, 0.25) is 0 Å². The first-order chi connectivity index (χ1) is 11.5. The molecule has 136 valence electrons. The lowest BCUT2D eigenvalue weighted by Crippen LogP contribution is -2.59. The summed E-state index contributed by atoms with van der Waals surface area (Å²) in [7, 11) is 2.15. The number of allylic oxidation sites excluding steroid dienone is 2. The van der Waals surface area contributed by atoms with Crippen LogP contribution in [0.15, 0.2) is 48.6 Å². The van der Waals surface area contributed by atoms with Crippen molar-refractivity contribution in [2.24, 2.45) is 11.5 Å². The zero-order valence-electron chi connectivity index (χ0n) is 14.6. The zero-order valence-corrected chi connectivity index (χ0v) is 15.4. The Balaban J connectivity index is 0.00000225. The summed E-state index contributed by atoms with van der Waals surface area (Å²) >= 11 is 0. The number of nitrogens with two attached hydrogens (primary N) is 2. The molecule has 1 aromatic rings. The molecule has 0 bridgehead atoms. The van der Waals surface area contributed by atoms with Crippen LogP contribution >= 0.6 is 12.4 Å². The van der Waals surface area contributed by atoms with Crippen molar-refractivity contribution in [2.45, 2.75) is 18.0 Å². The summed E-state index contributed by atoms with van der Waals surface area (Å²) in [6.45, 7) is 4.22. The van der Waals surface area contributed by atoms with Gasteiger partial charge in [-0.05, 0) is 44.3 Å². The molecule has 6 heteroatoms. The first-order valence-corrected chi connectivity index (χ1v) is 8.49. The van der Waals surface area contributed by atoms with Crippen LogP contribution in [0.4, 0.5) is 5.69 Å². The van der Waals surface area contributed by atoms with E-state index in [0.29, 0.717) is 5.56 Å². The first kappa shape index (κ1) is 19.7. The highest BCUT2D eigenvalue weighted by molar-refractivity contribution is 6.05. The van der Waals surface area contributed by atoms with Crippen molar-refractivity contribution in [3.05, 3.63) is 54.1 Å². The summed E-state index contributed by atoms with van der Waals surface area (Å²) < 4.78 is 0. The fraction of sp³-hybridized carbons (Fsp3) is 0.421. The molecule has 2 aliphatic rings. The van der Waals surface area contributed by atoms with E-state index in [0.717, 1.165) is 38.3 Å². The third kappa shape index (κ3) is 4.12. The number of anilines is 1. The Kier molecular flexibility index (Phi) is 6.41. The number of hydrogen-bond donors (Lipinski definition) is 2. The van der Waals surface area contributed by atoms with Crippen LogP contribution < -0.4 is 16.4 Å². The average Bonchev–Trinajstić information content (AvgIpc) is 2.82. The molecule has 1 heterocycles. The molecule has 0 spiro atoms. The quantitative estimate of drug-likeness (QED) is 0.798. The normalized spacial score (nSPS) is 26.8. The fourth-order valence-corrected chi connectivity index (χ4v) is 3.27. The summed E-state index contributed by atoms with van der Waals surface area (Å²) in [5.74, 6) is -0.141. The minimum atomic E-state index is -1.17. The molecule has 1 fully saturated rings. The molecule has 0 amide bonds. The lowest BCUT2D eigenvalue weighted by Gasteiger charge is -2.31. The lowest BCUT2D eigenvalue weighted by atomic mass is 9.81. The third-order valence-electron chi connectivity index (χ3n) is 4.96. The monoisotopic (exact) mass is 362 g/mol. The predicted molar refractivity (Wildman–Crippen MR) is 106 cm³/mol. The van der Waals surface area contributed by atoms with Crippen LogP contribution in [0.3, 0.4) is 0 Å². The standard InChI is InChI=1S/C19H26N4O.ClH/c1-22-11-4-12-23(14-13-22)16-8-6-15(7-9-16)18(24)19(21)10-3-2-5-17(19)20;/h2-3,5-10,17H,4,11-14,20-21H2,1H3;1H. The van der Waals surface area contributed by atoms with Gasteiger partial charge in [0, 0.05) is 30.9 Å². The number of ketones is 1. The van der Waals surface area contributed by atoms with Crippen LogP contribution in [0.5, 0.6) is 0 Å². The Bertz CT molecular complexity index is 658. The van der Waals surface area contributed by atoms with Crippen molar-refractivity contribution in [1.82, 2.24) is 4.90 Å². The van der Waals surface area contributed by atoms with Gasteiger partial charge in [-0.15, -0.1) is 12.4 Å². The van der Waals surface area contributed by atoms with Crippen LogP contribution in [0.25, 0.3) is 0 Å². The van der Waals surface area contributed by atoms with E-state index >= 15 is 0 Å². The van der Waals surface area contributed by atoms with E-state index < -0.39 is 11.6 Å². The van der Waals surface area contributed by atoms with Crippen LogP contribution in [0.1, 0.15) is 16.8 Å². The van der Waals surface area contributed by atoms with E-state index in [1.807, 2.05) is 30.3 Å². The van der Waals surface area contributed by atoms with Gasteiger partial charge in [-0.1, -0.05) is 24.3 Å². The Morgan fingerprint density at radius 2 is 1.84 bits per heavy atom. The highest BCUT2D eigenvalue weighted by atomic mass is 35.5.